The summed E-state index contributed by atoms with van der Waals surface area (Å²) in [6, 6.07) is 0. The van der Waals surface area contributed by atoms with Crippen LogP contribution in [-0.2, 0) is 0 Å². The Labute approximate surface area is 76.2 Å². The van der Waals surface area contributed by atoms with Gasteiger partial charge in [-0.25, -0.2) is 0 Å². The summed E-state index contributed by atoms with van der Waals surface area (Å²) in [4.78, 5) is 0. The number of hydrogen-bond donors (Lipinski definition) is 1. The van der Waals surface area contributed by atoms with E-state index in [2.05, 4.69) is 13.8 Å². The van der Waals surface area contributed by atoms with Crippen LogP contribution >= 0.6 is 0 Å². The molecule has 0 saturated heterocycles. The molecular formula is C11H22O. The van der Waals surface area contributed by atoms with Crippen LogP contribution in [0.1, 0.15) is 52.4 Å². The molecule has 1 rings (SSSR count). The molecule has 0 spiro atoms. The lowest BCUT2D eigenvalue weighted by atomic mass is 9.88. The first-order valence-electron chi connectivity index (χ1n) is 5.43. The SMILES string of the molecule is CCCC(C)C(O)C1CCCC1. The lowest BCUT2D eigenvalue weighted by Crippen LogP contribution is -2.25. The summed E-state index contributed by atoms with van der Waals surface area (Å²) in [6.07, 6.45) is 7.54. The Bertz CT molecular complexity index is 116. The largest absolute Gasteiger partial charge is 0.393 e. The number of aliphatic hydroxyl groups is 1. The summed E-state index contributed by atoms with van der Waals surface area (Å²) in [5, 5.41) is 9.95. The Balaban J connectivity index is 2.29. The molecule has 72 valence electrons. The van der Waals surface area contributed by atoms with Crippen LogP contribution in [0.25, 0.3) is 0 Å². The molecule has 1 aliphatic carbocycles. The first-order chi connectivity index (χ1) is 5.75. The van der Waals surface area contributed by atoms with Crippen LogP contribution in [0.2, 0.25) is 0 Å². The fraction of sp³-hybridized carbons (Fsp3) is 1.00. The second-order valence-electron chi connectivity index (χ2n) is 4.30. The molecule has 12 heavy (non-hydrogen) atoms. The minimum Gasteiger partial charge on any atom is -0.393 e. The second kappa shape index (κ2) is 4.86. The average Bonchev–Trinajstić information content (AvgIpc) is 2.55. The van der Waals surface area contributed by atoms with Crippen molar-refractivity contribution in [3.63, 3.8) is 0 Å². The maximum atomic E-state index is 9.95. The summed E-state index contributed by atoms with van der Waals surface area (Å²) in [5.74, 6) is 1.13. The molecule has 1 N–H and O–H groups in total. The maximum absolute atomic E-state index is 9.95. The van der Waals surface area contributed by atoms with Gasteiger partial charge in [-0.15, -0.1) is 0 Å². The van der Waals surface area contributed by atoms with Gasteiger partial charge in [0.25, 0.3) is 0 Å². The molecule has 1 saturated carbocycles. The molecule has 0 amide bonds. The summed E-state index contributed by atoms with van der Waals surface area (Å²) in [5.41, 5.74) is 0. The van der Waals surface area contributed by atoms with E-state index in [1.54, 1.807) is 0 Å². The van der Waals surface area contributed by atoms with Crippen molar-refractivity contribution in [2.24, 2.45) is 11.8 Å². The van der Waals surface area contributed by atoms with Crippen LogP contribution in [0.15, 0.2) is 0 Å². The predicted molar refractivity (Wildman–Crippen MR) is 52.0 cm³/mol. The summed E-state index contributed by atoms with van der Waals surface area (Å²) >= 11 is 0. The third kappa shape index (κ3) is 2.48. The highest BCUT2D eigenvalue weighted by Gasteiger charge is 2.26. The molecule has 0 aliphatic heterocycles. The average molecular weight is 170 g/mol. The maximum Gasteiger partial charge on any atom is 0.0593 e. The smallest absolute Gasteiger partial charge is 0.0593 e. The summed E-state index contributed by atoms with van der Waals surface area (Å²) < 4.78 is 0. The summed E-state index contributed by atoms with van der Waals surface area (Å²) in [7, 11) is 0. The molecular weight excluding hydrogens is 148 g/mol. The Morgan fingerprint density at radius 3 is 2.42 bits per heavy atom. The Morgan fingerprint density at radius 2 is 1.92 bits per heavy atom. The zero-order valence-corrected chi connectivity index (χ0v) is 8.42. The second-order valence-corrected chi connectivity index (χ2v) is 4.30. The molecule has 1 fully saturated rings. The Morgan fingerprint density at radius 1 is 1.33 bits per heavy atom. The van der Waals surface area contributed by atoms with Gasteiger partial charge in [0.1, 0.15) is 0 Å². The quantitative estimate of drug-likeness (QED) is 0.687. The van der Waals surface area contributed by atoms with E-state index < -0.39 is 0 Å². The van der Waals surface area contributed by atoms with Crippen LogP contribution < -0.4 is 0 Å². The van der Waals surface area contributed by atoms with Gasteiger partial charge >= 0.3 is 0 Å². The first kappa shape index (κ1) is 10.0. The molecule has 0 aromatic heterocycles. The van der Waals surface area contributed by atoms with Crippen LogP contribution in [0.5, 0.6) is 0 Å². The molecule has 0 aromatic rings. The number of aliphatic hydroxyl groups excluding tert-OH is 1. The highest BCUT2D eigenvalue weighted by atomic mass is 16.3. The lowest BCUT2D eigenvalue weighted by molar-refractivity contribution is 0.0561. The van der Waals surface area contributed by atoms with E-state index in [-0.39, 0.29) is 6.10 Å². The Kier molecular flexibility index (Phi) is 4.07. The van der Waals surface area contributed by atoms with Crippen molar-refractivity contribution < 1.29 is 5.11 Å². The molecule has 0 heterocycles. The Hall–Kier alpha value is -0.0400. The fourth-order valence-corrected chi connectivity index (χ4v) is 2.39. The monoisotopic (exact) mass is 170 g/mol. The zero-order chi connectivity index (χ0) is 8.97. The predicted octanol–water partition coefficient (Wildman–Crippen LogP) is 2.97. The van der Waals surface area contributed by atoms with Gasteiger partial charge in [0.15, 0.2) is 0 Å². The van der Waals surface area contributed by atoms with Crippen molar-refractivity contribution in [2.45, 2.75) is 58.5 Å². The lowest BCUT2D eigenvalue weighted by Gasteiger charge is -2.23. The molecule has 1 nitrogen and oxygen atoms in total. The van der Waals surface area contributed by atoms with Gasteiger partial charge in [-0.2, -0.15) is 0 Å². The van der Waals surface area contributed by atoms with E-state index >= 15 is 0 Å². The molecule has 1 aliphatic rings. The van der Waals surface area contributed by atoms with Gasteiger partial charge in [-0.3, -0.25) is 0 Å². The third-order valence-corrected chi connectivity index (χ3v) is 3.21. The van der Waals surface area contributed by atoms with Crippen molar-refractivity contribution in [1.82, 2.24) is 0 Å². The third-order valence-electron chi connectivity index (χ3n) is 3.21. The van der Waals surface area contributed by atoms with Gasteiger partial charge in [-0.1, -0.05) is 33.1 Å². The van der Waals surface area contributed by atoms with Crippen molar-refractivity contribution in [3.8, 4) is 0 Å². The zero-order valence-electron chi connectivity index (χ0n) is 8.42. The number of hydrogen-bond acceptors (Lipinski definition) is 1. The molecule has 1 heteroatoms. The van der Waals surface area contributed by atoms with Gasteiger partial charge in [0.2, 0.25) is 0 Å². The summed E-state index contributed by atoms with van der Waals surface area (Å²) in [6.45, 7) is 4.38. The van der Waals surface area contributed by atoms with E-state index in [1.807, 2.05) is 0 Å². The van der Waals surface area contributed by atoms with E-state index in [1.165, 1.54) is 38.5 Å². The molecule has 2 atom stereocenters. The molecule has 0 aromatic carbocycles. The van der Waals surface area contributed by atoms with Crippen molar-refractivity contribution >= 4 is 0 Å². The van der Waals surface area contributed by atoms with Crippen molar-refractivity contribution in [1.29, 1.82) is 0 Å². The van der Waals surface area contributed by atoms with Gasteiger partial charge in [0, 0.05) is 0 Å². The number of rotatable bonds is 4. The topological polar surface area (TPSA) is 20.2 Å². The minimum absolute atomic E-state index is 0.0209. The van der Waals surface area contributed by atoms with Crippen LogP contribution in [0.4, 0.5) is 0 Å². The van der Waals surface area contributed by atoms with Crippen molar-refractivity contribution in [2.75, 3.05) is 0 Å². The van der Waals surface area contributed by atoms with Crippen molar-refractivity contribution in [3.05, 3.63) is 0 Å². The standard InChI is InChI=1S/C11H22O/c1-3-6-9(2)11(12)10-7-4-5-8-10/h9-12H,3-8H2,1-2H3. The van der Waals surface area contributed by atoms with Gasteiger partial charge in [0.05, 0.1) is 6.10 Å². The van der Waals surface area contributed by atoms with Gasteiger partial charge < -0.3 is 5.11 Å². The molecule has 0 bridgehead atoms. The van der Waals surface area contributed by atoms with E-state index in [0.29, 0.717) is 11.8 Å². The first-order valence-corrected chi connectivity index (χ1v) is 5.43. The van der Waals surface area contributed by atoms with Crippen LogP contribution in [-0.4, -0.2) is 11.2 Å². The minimum atomic E-state index is -0.0209. The van der Waals surface area contributed by atoms with Gasteiger partial charge in [-0.05, 0) is 31.1 Å². The van der Waals surface area contributed by atoms with E-state index in [9.17, 15) is 5.11 Å². The van der Waals surface area contributed by atoms with Crippen LogP contribution in [0.3, 0.4) is 0 Å². The fourth-order valence-electron chi connectivity index (χ4n) is 2.39. The van der Waals surface area contributed by atoms with Crippen LogP contribution in [0, 0.1) is 11.8 Å². The molecule has 2 unspecified atom stereocenters. The van der Waals surface area contributed by atoms with E-state index in [4.69, 9.17) is 0 Å². The highest BCUT2D eigenvalue weighted by molar-refractivity contribution is 4.77. The normalized spacial score (nSPS) is 24.2. The molecule has 0 radical (unpaired) electrons. The van der Waals surface area contributed by atoms with E-state index in [0.717, 1.165) is 0 Å². The highest BCUT2D eigenvalue weighted by Crippen LogP contribution is 2.31.